The topological polar surface area (TPSA) is 63.6 Å². The molecule has 0 amide bonds. The van der Waals surface area contributed by atoms with Gasteiger partial charge in [0, 0.05) is 0 Å². The van der Waals surface area contributed by atoms with Crippen LogP contribution in [0.2, 0.25) is 0 Å². The highest BCUT2D eigenvalue weighted by molar-refractivity contribution is 5.78. The van der Waals surface area contributed by atoms with Gasteiger partial charge in [-0.1, -0.05) is 69.0 Å². The summed E-state index contributed by atoms with van der Waals surface area (Å²) < 4.78 is 5.19. The molecular formula is C27H34O4. The fourth-order valence-corrected chi connectivity index (χ4v) is 4.52. The Kier molecular flexibility index (Phi) is 8.69. The van der Waals surface area contributed by atoms with Crippen LogP contribution in [0.15, 0.2) is 48.5 Å². The summed E-state index contributed by atoms with van der Waals surface area (Å²) in [5.74, 6) is 0.518. The molecule has 0 saturated heterocycles. The van der Waals surface area contributed by atoms with Gasteiger partial charge in [-0.25, -0.2) is 0 Å². The quantitative estimate of drug-likeness (QED) is 0.255. The highest BCUT2D eigenvalue weighted by Crippen LogP contribution is 2.38. The van der Waals surface area contributed by atoms with Crippen LogP contribution in [0.5, 0.6) is 5.75 Å². The van der Waals surface area contributed by atoms with Gasteiger partial charge < -0.3 is 9.84 Å². The average Bonchev–Trinajstić information content (AvgIpc) is 2.79. The molecule has 0 aromatic heterocycles. The number of aliphatic carboxylic acids is 1. The number of carboxylic acid groups (broad SMARTS) is 1. The lowest BCUT2D eigenvalue weighted by Gasteiger charge is -2.29. The van der Waals surface area contributed by atoms with Gasteiger partial charge in [-0.3, -0.25) is 9.59 Å². The molecule has 1 fully saturated rings. The standard InChI is InChI=1S/C27H34O4/c1-2-3-4-5-20-6-8-21(9-7-20)22-10-12-23(13-11-22)24-14-16-25(17-15-24)31-27(30)19-18-26(28)29/h10-17,20-21H,2-9,18-19H2,1H3,(H,28,29). The van der Waals surface area contributed by atoms with Crippen molar-refractivity contribution in [3.05, 3.63) is 54.1 Å². The number of hydrogen-bond acceptors (Lipinski definition) is 3. The summed E-state index contributed by atoms with van der Waals surface area (Å²) in [4.78, 5) is 22.2. The molecule has 0 unspecified atom stereocenters. The Hall–Kier alpha value is -2.62. The van der Waals surface area contributed by atoms with E-state index < -0.39 is 11.9 Å². The first-order valence-corrected chi connectivity index (χ1v) is 11.7. The minimum atomic E-state index is -1.00. The van der Waals surface area contributed by atoms with Crippen molar-refractivity contribution in [2.24, 2.45) is 5.92 Å². The molecule has 1 N–H and O–H groups in total. The first-order chi connectivity index (χ1) is 15.0. The highest BCUT2D eigenvalue weighted by atomic mass is 16.5. The molecule has 4 nitrogen and oxygen atoms in total. The van der Waals surface area contributed by atoms with Crippen LogP contribution in [0, 0.1) is 5.92 Å². The third-order valence-electron chi connectivity index (χ3n) is 6.41. The van der Waals surface area contributed by atoms with Crippen LogP contribution in [-0.2, 0) is 9.59 Å². The molecule has 1 aliphatic carbocycles. The third kappa shape index (κ3) is 7.23. The van der Waals surface area contributed by atoms with Crippen LogP contribution in [0.4, 0.5) is 0 Å². The van der Waals surface area contributed by atoms with Crippen molar-refractivity contribution >= 4 is 11.9 Å². The second-order valence-electron chi connectivity index (χ2n) is 8.73. The maximum atomic E-state index is 11.7. The summed E-state index contributed by atoms with van der Waals surface area (Å²) in [5.41, 5.74) is 3.65. The maximum absolute atomic E-state index is 11.7. The Balaban J connectivity index is 1.51. The van der Waals surface area contributed by atoms with Crippen molar-refractivity contribution in [3.8, 4) is 16.9 Å². The normalized spacial score (nSPS) is 18.5. The molecule has 0 atom stereocenters. The predicted octanol–water partition coefficient (Wildman–Crippen LogP) is 6.98. The third-order valence-corrected chi connectivity index (χ3v) is 6.41. The van der Waals surface area contributed by atoms with E-state index in [9.17, 15) is 9.59 Å². The van der Waals surface area contributed by atoms with E-state index in [1.54, 1.807) is 12.1 Å². The molecule has 0 aliphatic heterocycles. The number of hydrogen-bond donors (Lipinski definition) is 1. The van der Waals surface area contributed by atoms with Crippen LogP contribution in [0.25, 0.3) is 11.1 Å². The van der Waals surface area contributed by atoms with Crippen molar-refractivity contribution in [2.75, 3.05) is 0 Å². The second kappa shape index (κ2) is 11.7. The Morgan fingerprint density at radius 2 is 1.48 bits per heavy atom. The first-order valence-electron chi connectivity index (χ1n) is 11.7. The van der Waals surface area contributed by atoms with Crippen molar-refractivity contribution < 1.29 is 19.4 Å². The molecule has 0 radical (unpaired) electrons. The zero-order valence-corrected chi connectivity index (χ0v) is 18.5. The smallest absolute Gasteiger partial charge is 0.311 e. The van der Waals surface area contributed by atoms with E-state index in [0.29, 0.717) is 11.7 Å². The SMILES string of the molecule is CCCCCC1CCC(c2ccc(-c3ccc(OC(=O)CCC(=O)O)cc3)cc2)CC1. The predicted molar refractivity (Wildman–Crippen MR) is 123 cm³/mol. The number of carboxylic acids is 1. The minimum absolute atomic E-state index is 0.126. The highest BCUT2D eigenvalue weighted by Gasteiger charge is 2.22. The monoisotopic (exact) mass is 422 g/mol. The molecule has 31 heavy (non-hydrogen) atoms. The molecule has 1 saturated carbocycles. The fourth-order valence-electron chi connectivity index (χ4n) is 4.52. The number of carbonyl (C=O) groups is 2. The average molecular weight is 423 g/mol. The summed E-state index contributed by atoms with van der Waals surface area (Å²) in [7, 11) is 0. The van der Waals surface area contributed by atoms with Crippen LogP contribution in [-0.4, -0.2) is 17.0 Å². The summed E-state index contributed by atoms with van der Waals surface area (Å²) in [5, 5.41) is 8.64. The lowest BCUT2D eigenvalue weighted by atomic mass is 9.77. The Morgan fingerprint density at radius 3 is 2.06 bits per heavy atom. The number of rotatable bonds is 10. The lowest BCUT2D eigenvalue weighted by Crippen LogP contribution is -2.13. The van der Waals surface area contributed by atoms with Crippen LogP contribution < -0.4 is 4.74 Å². The van der Waals surface area contributed by atoms with E-state index in [1.807, 2.05) is 12.1 Å². The molecule has 0 spiro atoms. The fraction of sp³-hybridized carbons (Fsp3) is 0.481. The van der Waals surface area contributed by atoms with Gasteiger partial charge in [0.05, 0.1) is 12.8 Å². The molecular weight excluding hydrogens is 388 g/mol. The van der Waals surface area contributed by atoms with E-state index in [1.165, 1.54) is 56.9 Å². The van der Waals surface area contributed by atoms with Gasteiger partial charge in [-0.05, 0) is 66.3 Å². The van der Waals surface area contributed by atoms with E-state index >= 15 is 0 Å². The molecule has 0 heterocycles. The van der Waals surface area contributed by atoms with E-state index in [4.69, 9.17) is 9.84 Å². The zero-order valence-electron chi connectivity index (χ0n) is 18.5. The summed E-state index contributed by atoms with van der Waals surface area (Å²) >= 11 is 0. The Bertz CT molecular complexity index is 831. The maximum Gasteiger partial charge on any atom is 0.311 e. The van der Waals surface area contributed by atoms with Gasteiger partial charge in [-0.2, -0.15) is 0 Å². The Labute approximate surface area is 185 Å². The summed E-state index contributed by atoms with van der Waals surface area (Å²) in [6.07, 6.45) is 10.5. The number of unbranched alkanes of at least 4 members (excludes halogenated alkanes) is 2. The zero-order chi connectivity index (χ0) is 22.1. The van der Waals surface area contributed by atoms with Gasteiger partial charge >= 0.3 is 11.9 Å². The Morgan fingerprint density at radius 1 is 0.871 bits per heavy atom. The largest absolute Gasteiger partial charge is 0.481 e. The summed E-state index contributed by atoms with van der Waals surface area (Å²) in [6, 6.07) is 16.2. The molecule has 3 rings (SSSR count). The number of esters is 1. The minimum Gasteiger partial charge on any atom is -0.481 e. The van der Waals surface area contributed by atoms with E-state index in [2.05, 4.69) is 31.2 Å². The van der Waals surface area contributed by atoms with Gasteiger partial charge in [0.1, 0.15) is 5.75 Å². The number of ether oxygens (including phenoxy) is 1. The molecule has 2 aromatic carbocycles. The van der Waals surface area contributed by atoms with Crippen LogP contribution >= 0.6 is 0 Å². The molecule has 4 heteroatoms. The molecule has 166 valence electrons. The van der Waals surface area contributed by atoms with Crippen molar-refractivity contribution in [1.29, 1.82) is 0 Å². The van der Waals surface area contributed by atoms with Crippen LogP contribution in [0.1, 0.15) is 82.6 Å². The van der Waals surface area contributed by atoms with Crippen molar-refractivity contribution in [3.63, 3.8) is 0 Å². The van der Waals surface area contributed by atoms with Gasteiger partial charge in [-0.15, -0.1) is 0 Å². The first kappa shape index (κ1) is 23.1. The van der Waals surface area contributed by atoms with Gasteiger partial charge in [0.15, 0.2) is 0 Å². The number of carbonyl (C=O) groups excluding carboxylic acids is 1. The summed E-state index contributed by atoms with van der Waals surface area (Å²) in [6.45, 7) is 2.27. The van der Waals surface area contributed by atoms with Gasteiger partial charge in [0.2, 0.25) is 0 Å². The molecule has 1 aliphatic rings. The lowest BCUT2D eigenvalue weighted by molar-refractivity contribution is -0.142. The molecule has 2 aromatic rings. The van der Waals surface area contributed by atoms with E-state index in [-0.39, 0.29) is 12.8 Å². The van der Waals surface area contributed by atoms with E-state index in [0.717, 1.165) is 17.0 Å². The number of benzene rings is 2. The van der Waals surface area contributed by atoms with Crippen LogP contribution in [0.3, 0.4) is 0 Å². The molecule has 0 bridgehead atoms. The van der Waals surface area contributed by atoms with Gasteiger partial charge in [0.25, 0.3) is 0 Å². The second-order valence-corrected chi connectivity index (χ2v) is 8.73. The van der Waals surface area contributed by atoms with Crippen molar-refractivity contribution in [1.82, 2.24) is 0 Å². The van der Waals surface area contributed by atoms with Crippen molar-refractivity contribution in [2.45, 2.75) is 77.0 Å².